The molecule has 3 nitrogen and oxygen atoms in total. The summed E-state index contributed by atoms with van der Waals surface area (Å²) in [6, 6.07) is 9.38. The van der Waals surface area contributed by atoms with Gasteiger partial charge in [-0.25, -0.2) is 5.43 Å². The summed E-state index contributed by atoms with van der Waals surface area (Å²) in [6.07, 6.45) is 0. The summed E-state index contributed by atoms with van der Waals surface area (Å²) >= 11 is 0. The first-order valence-electron chi connectivity index (χ1n) is 5.52. The van der Waals surface area contributed by atoms with Crippen molar-refractivity contribution in [1.82, 2.24) is 10.9 Å². The number of nitrogens with one attached hydrogen (secondary N) is 2. The van der Waals surface area contributed by atoms with E-state index in [1.165, 1.54) is 0 Å². The number of benzene rings is 1. The first-order chi connectivity index (χ1) is 7.41. The molecule has 0 aliphatic carbocycles. The summed E-state index contributed by atoms with van der Waals surface area (Å²) < 4.78 is 0. The fraction of sp³-hybridized carbons (Fsp3) is 0.462. The van der Waals surface area contributed by atoms with Gasteiger partial charge < -0.3 is 0 Å². The van der Waals surface area contributed by atoms with Crippen molar-refractivity contribution in [1.29, 1.82) is 0 Å². The zero-order chi connectivity index (χ0) is 12.2. The molecule has 1 rings (SSSR count). The van der Waals surface area contributed by atoms with Crippen LogP contribution in [0, 0.1) is 5.41 Å². The van der Waals surface area contributed by atoms with E-state index in [1.807, 2.05) is 25.1 Å². The molecule has 0 bridgehead atoms. The summed E-state index contributed by atoms with van der Waals surface area (Å²) in [4.78, 5) is 11.7. The Morgan fingerprint density at radius 3 is 2.25 bits per heavy atom. The Morgan fingerprint density at radius 2 is 1.75 bits per heavy atom. The minimum absolute atomic E-state index is 0.100. The zero-order valence-electron chi connectivity index (χ0n) is 10.4. The van der Waals surface area contributed by atoms with E-state index in [4.69, 9.17) is 0 Å². The Morgan fingerprint density at radius 1 is 1.19 bits per heavy atom. The average molecular weight is 220 g/mol. The van der Waals surface area contributed by atoms with Crippen LogP contribution in [-0.2, 0) is 0 Å². The summed E-state index contributed by atoms with van der Waals surface area (Å²) in [7, 11) is 0. The third-order valence-corrected chi connectivity index (χ3v) is 2.74. The number of carbonyl (C=O) groups is 1. The maximum atomic E-state index is 11.7. The maximum absolute atomic E-state index is 11.7. The van der Waals surface area contributed by atoms with Gasteiger partial charge in [0.2, 0.25) is 0 Å². The normalized spacial score (nSPS) is 13.2. The van der Waals surface area contributed by atoms with Gasteiger partial charge in [0.1, 0.15) is 0 Å². The molecule has 16 heavy (non-hydrogen) atoms. The van der Waals surface area contributed by atoms with Crippen LogP contribution >= 0.6 is 0 Å². The van der Waals surface area contributed by atoms with Crippen LogP contribution < -0.4 is 10.9 Å². The van der Waals surface area contributed by atoms with Crippen molar-refractivity contribution >= 4 is 5.91 Å². The first kappa shape index (κ1) is 12.7. The Kier molecular flexibility index (Phi) is 4.07. The summed E-state index contributed by atoms with van der Waals surface area (Å²) in [5, 5.41) is 0. The molecule has 0 heterocycles. The second-order valence-electron chi connectivity index (χ2n) is 5.05. The molecule has 3 heteroatoms. The Hall–Kier alpha value is -1.35. The lowest BCUT2D eigenvalue weighted by Crippen LogP contribution is -2.48. The number of rotatable bonds is 3. The molecule has 0 saturated heterocycles. The van der Waals surface area contributed by atoms with E-state index in [0.717, 1.165) is 0 Å². The van der Waals surface area contributed by atoms with Crippen LogP contribution in [0.3, 0.4) is 0 Å². The lowest BCUT2D eigenvalue weighted by molar-refractivity contribution is 0.0911. The lowest BCUT2D eigenvalue weighted by Gasteiger charge is -2.28. The molecule has 1 aromatic carbocycles. The van der Waals surface area contributed by atoms with E-state index >= 15 is 0 Å². The minimum atomic E-state index is -0.100. The summed E-state index contributed by atoms with van der Waals surface area (Å²) in [5.74, 6) is -0.100. The topological polar surface area (TPSA) is 41.1 Å². The predicted octanol–water partition coefficient (Wildman–Crippen LogP) is 2.36. The maximum Gasteiger partial charge on any atom is 0.265 e. The van der Waals surface area contributed by atoms with Crippen molar-refractivity contribution in [2.45, 2.75) is 33.7 Å². The van der Waals surface area contributed by atoms with Crippen LogP contribution in [-0.4, -0.2) is 11.9 Å². The second kappa shape index (κ2) is 5.12. The van der Waals surface area contributed by atoms with Crippen molar-refractivity contribution in [2.24, 2.45) is 5.41 Å². The SMILES string of the molecule is CC(NNC(=O)c1ccccc1)C(C)(C)C. The van der Waals surface area contributed by atoms with Gasteiger partial charge in [0.05, 0.1) is 0 Å². The molecule has 0 fully saturated rings. The van der Waals surface area contributed by atoms with Crippen LogP contribution in [0.1, 0.15) is 38.1 Å². The van der Waals surface area contributed by atoms with Crippen LogP contribution in [0.4, 0.5) is 0 Å². The van der Waals surface area contributed by atoms with Gasteiger partial charge >= 0.3 is 0 Å². The van der Waals surface area contributed by atoms with E-state index < -0.39 is 0 Å². The third kappa shape index (κ3) is 3.66. The number of hydrogen-bond donors (Lipinski definition) is 2. The molecular formula is C13H20N2O. The molecule has 88 valence electrons. The minimum Gasteiger partial charge on any atom is -0.287 e. The molecule has 0 aromatic heterocycles. The summed E-state index contributed by atoms with van der Waals surface area (Å²) in [6.45, 7) is 8.42. The molecule has 1 amide bonds. The molecule has 0 saturated carbocycles. The van der Waals surface area contributed by atoms with Gasteiger partial charge in [0, 0.05) is 11.6 Å². The van der Waals surface area contributed by atoms with E-state index in [-0.39, 0.29) is 17.4 Å². The highest BCUT2D eigenvalue weighted by molar-refractivity contribution is 5.93. The lowest BCUT2D eigenvalue weighted by atomic mass is 9.89. The largest absolute Gasteiger partial charge is 0.287 e. The van der Waals surface area contributed by atoms with E-state index in [2.05, 4.69) is 31.6 Å². The van der Waals surface area contributed by atoms with Crippen LogP contribution in [0.2, 0.25) is 0 Å². The van der Waals surface area contributed by atoms with Crippen molar-refractivity contribution in [3.05, 3.63) is 35.9 Å². The van der Waals surface area contributed by atoms with Crippen molar-refractivity contribution < 1.29 is 4.79 Å². The van der Waals surface area contributed by atoms with Crippen molar-refractivity contribution in [2.75, 3.05) is 0 Å². The average Bonchev–Trinajstić information content (AvgIpc) is 2.25. The number of hydrogen-bond acceptors (Lipinski definition) is 2. The van der Waals surface area contributed by atoms with Crippen LogP contribution in [0.15, 0.2) is 30.3 Å². The highest BCUT2D eigenvalue weighted by atomic mass is 16.2. The Balaban J connectivity index is 2.48. The van der Waals surface area contributed by atoms with Crippen LogP contribution in [0.5, 0.6) is 0 Å². The second-order valence-corrected chi connectivity index (χ2v) is 5.05. The molecule has 1 unspecified atom stereocenters. The van der Waals surface area contributed by atoms with Gasteiger partial charge in [-0.2, -0.15) is 0 Å². The molecule has 0 spiro atoms. The van der Waals surface area contributed by atoms with Crippen molar-refractivity contribution in [3.63, 3.8) is 0 Å². The summed E-state index contributed by atoms with van der Waals surface area (Å²) in [5.41, 5.74) is 6.52. The van der Waals surface area contributed by atoms with Gasteiger partial charge in [-0.1, -0.05) is 39.0 Å². The van der Waals surface area contributed by atoms with Gasteiger partial charge in [0.25, 0.3) is 5.91 Å². The highest BCUT2D eigenvalue weighted by Gasteiger charge is 2.20. The molecule has 1 atom stereocenters. The van der Waals surface area contributed by atoms with Gasteiger partial charge in [-0.15, -0.1) is 0 Å². The highest BCUT2D eigenvalue weighted by Crippen LogP contribution is 2.17. The van der Waals surface area contributed by atoms with E-state index in [1.54, 1.807) is 12.1 Å². The Labute approximate surface area is 97.2 Å². The molecular weight excluding hydrogens is 200 g/mol. The third-order valence-electron chi connectivity index (χ3n) is 2.74. The fourth-order valence-corrected chi connectivity index (χ4v) is 1.05. The van der Waals surface area contributed by atoms with Crippen molar-refractivity contribution in [3.8, 4) is 0 Å². The molecule has 0 aliphatic heterocycles. The zero-order valence-corrected chi connectivity index (χ0v) is 10.4. The van der Waals surface area contributed by atoms with Crippen LogP contribution in [0.25, 0.3) is 0 Å². The first-order valence-corrected chi connectivity index (χ1v) is 5.52. The fourth-order valence-electron chi connectivity index (χ4n) is 1.05. The predicted molar refractivity (Wildman–Crippen MR) is 66.0 cm³/mol. The van der Waals surface area contributed by atoms with E-state index in [0.29, 0.717) is 5.56 Å². The molecule has 1 aromatic rings. The monoisotopic (exact) mass is 220 g/mol. The smallest absolute Gasteiger partial charge is 0.265 e. The molecule has 2 N–H and O–H groups in total. The standard InChI is InChI=1S/C13H20N2O/c1-10(13(2,3)4)14-15-12(16)11-8-6-5-7-9-11/h5-10,14H,1-4H3,(H,15,16). The molecule has 0 radical (unpaired) electrons. The molecule has 0 aliphatic rings. The number of hydrazine groups is 1. The Bertz CT molecular complexity index is 341. The van der Waals surface area contributed by atoms with Gasteiger partial charge in [-0.05, 0) is 24.5 Å². The van der Waals surface area contributed by atoms with Gasteiger partial charge in [0.15, 0.2) is 0 Å². The number of carbonyl (C=O) groups excluding carboxylic acids is 1. The quantitative estimate of drug-likeness (QED) is 0.768. The van der Waals surface area contributed by atoms with Gasteiger partial charge in [-0.3, -0.25) is 10.2 Å². The number of amides is 1. The van der Waals surface area contributed by atoms with E-state index in [9.17, 15) is 4.79 Å².